The van der Waals surface area contributed by atoms with Gasteiger partial charge in [0.05, 0.1) is 0 Å². The number of nitrogens with zero attached hydrogens (tertiary/aromatic N) is 1. The summed E-state index contributed by atoms with van der Waals surface area (Å²) in [7, 11) is 0. The van der Waals surface area contributed by atoms with Crippen LogP contribution in [0.3, 0.4) is 0 Å². The van der Waals surface area contributed by atoms with Gasteiger partial charge in [-0.25, -0.2) is 0 Å². The van der Waals surface area contributed by atoms with Gasteiger partial charge < -0.3 is 4.90 Å². The Bertz CT molecular complexity index is 452. The highest BCUT2D eigenvalue weighted by Crippen LogP contribution is 2.30. The molecule has 0 radical (unpaired) electrons. The number of hydrogen-bond donors (Lipinski definition) is 0. The summed E-state index contributed by atoms with van der Waals surface area (Å²) in [5.41, 5.74) is 1.87. The number of rotatable bonds is 4. The molecule has 1 amide bonds. The Morgan fingerprint density at radius 2 is 2.11 bits per heavy atom. The Morgan fingerprint density at radius 3 is 2.67 bits per heavy atom. The zero-order chi connectivity index (χ0) is 13.3. The molecular formula is C15H20BrNO. The van der Waals surface area contributed by atoms with Gasteiger partial charge in [-0.05, 0) is 43.4 Å². The third kappa shape index (κ3) is 2.94. The topological polar surface area (TPSA) is 20.3 Å². The van der Waals surface area contributed by atoms with Crippen LogP contribution in [0.4, 0.5) is 0 Å². The molecule has 1 fully saturated rings. The van der Waals surface area contributed by atoms with E-state index >= 15 is 0 Å². The summed E-state index contributed by atoms with van der Waals surface area (Å²) in [6.07, 6.45) is 2.32. The molecule has 3 heteroatoms. The first-order valence-corrected chi connectivity index (χ1v) is 7.36. The maximum absolute atomic E-state index is 12.6. The molecule has 0 atom stereocenters. The van der Waals surface area contributed by atoms with Crippen LogP contribution in [0.25, 0.3) is 0 Å². The minimum atomic E-state index is 0.185. The van der Waals surface area contributed by atoms with E-state index in [0.717, 1.165) is 35.0 Å². The van der Waals surface area contributed by atoms with Gasteiger partial charge in [0.25, 0.3) is 5.91 Å². The zero-order valence-electron chi connectivity index (χ0n) is 11.2. The van der Waals surface area contributed by atoms with Crippen LogP contribution in [-0.4, -0.2) is 23.4 Å². The van der Waals surface area contributed by atoms with E-state index in [1.807, 2.05) is 25.1 Å². The molecule has 0 bridgehead atoms. The van der Waals surface area contributed by atoms with Gasteiger partial charge in [-0.2, -0.15) is 0 Å². The van der Waals surface area contributed by atoms with Crippen molar-refractivity contribution in [2.24, 2.45) is 5.92 Å². The number of halogens is 1. The Labute approximate surface area is 117 Å². The smallest absolute Gasteiger partial charge is 0.254 e. The van der Waals surface area contributed by atoms with E-state index in [2.05, 4.69) is 34.7 Å². The van der Waals surface area contributed by atoms with E-state index in [1.165, 1.54) is 0 Å². The maximum atomic E-state index is 12.6. The highest BCUT2D eigenvalue weighted by molar-refractivity contribution is 9.10. The van der Waals surface area contributed by atoms with Crippen LogP contribution < -0.4 is 0 Å². The van der Waals surface area contributed by atoms with Crippen LogP contribution in [-0.2, 0) is 0 Å². The van der Waals surface area contributed by atoms with Crippen molar-refractivity contribution in [1.82, 2.24) is 4.90 Å². The van der Waals surface area contributed by atoms with Crippen LogP contribution in [0.5, 0.6) is 0 Å². The third-order valence-electron chi connectivity index (χ3n) is 3.31. The number of carbonyl (C=O) groups excluding carboxylic acids is 1. The average Bonchev–Trinajstić information content (AvgIpc) is 3.12. The van der Waals surface area contributed by atoms with Crippen LogP contribution in [0, 0.1) is 12.8 Å². The predicted octanol–water partition coefficient (Wildman–Crippen LogP) is 4.02. The second kappa shape index (κ2) is 5.43. The van der Waals surface area contributed by atoms with E-state index in [4.69, 9.17) is 0 Å². The highest BCUT2D eigenvalue weighted by atomic mass is 79.9. The first kappa shape index (κ1) is 13.6. The van der Waals surface area contributed by atoms with Crippen LogP contribution in [0.15, 0.2) is 22.7 Å². The van der Waals surface area contributed by atoms with Gasteiger partial charge in [0, 0.05) is 22.6 Å². The fraction of sp³-hybridized carbons (Fsp3) is 0.533. The van der Waals surface area contributed by atoms with Gasteiger partial charge in [0.15, 0.2) is 0 Å². The highest BCUT2D eigenvalue weighted by Gasteiger charge is 2.33. The first-order chi connectivity index (χ1) is 8.50. The van der Waals surface area contributed by atoms with E-state index < -0.39 is 0 Å². The summed E-state index contributed by atoms with van der Waals surface area (Å²) in [5.74, 6) is 0.701. The van der Waals surface area contributed by atoms with E-state index in [0.29, 0.717) is 12.0 Å². The lowest BCUT2D eigenvalue weighted by molar-refractivity contribution is 0.0721. The molecule has 0 N–H and O–H groups in total. The number of benzene rings is 1. The van der Waals surface area contributed by atoms with Crippen molar-refractivity contribution in [2.75, 3.05) is 6.54 Å². The Hall–Kier alpha value is -0.830. The fourth-order valence-corrected chi connectivity index (χ4v) is 2.54. The molecule has 2 nitrogen and oxygen atoms in total. The molecule has 1 aromatic carbocycles. The third-order valence-corrected chi connectivity index (χ3v) is 4.17. The van der Waals surface area contributed by atoms with Gasteiger partial charge in [-0.1, -0.05) is 35.8 Å². The Balaban J connectivity index is 2.25. The molecular weight excluding hydrogens is 290 g/mol. The number of hydrogen-bond acceptors (Lipinski definition) is 1. The van der Waals surface area contributed by atoms with Gasteiger partial charge in [-0.15, -0.1) is 0 Å². The second-order valence-corrected chi connectivity index (χ2v) is 6.35. The SMILES string of the molecule is Cc1c(Br)cccc1C(=O)N(CC(C)C)C1CC1. The second-order valence-electron chi connectivity index (χ2n) is 5.49. The number of carbonyl (C=O) groups is 1. The summed E-state index contributed by atoms with van der Waals surface area (Å²) < 4.78 is 1.01. The Kier molecular flexibility index (Phi) is 4.10. The molecule has 1 saturated carbocycles. The molecule has 0 spiro atoms. The normalized spacial score (nSPS) is 14.9. The summed E-state index contributed by atoms with van der Waals surface area (Å²) in [6.45, 7) is 7.18. The predicted molar refractivity (Wildman–Crippen MR) is 77.8 cm³/mol. The van der Waals surface area contributed by atoms with E-state index in [1.54, 1.807) is 0 Å². The molecule has 18 heavy (non-hydrogen) atoms. The van der Waals surface area contributed by atoms with E-state index in [-0.39, 0.29) is 5.91 Å². The van der Waals surface area contributed by atoms with Crippen molar-refractivity contribution in [3.8, 4) is 0 Å². The van der Waals surface area contributed by atoms with Crippen molar-refractivity contribution in [3.63, 3.8) is 0 Å². The molecule has 0 saturated heterocycles. The lowest BCUT2D eigenvalue weighted by Gasteiger charge is -2.25. The maximum Gasteiger partial charge on any atom is 0.254 e. The summed E-state index contributed by atoms with van der Waals surface area (Å²) in [4.78, 5) is 14.7. The zero-order valence-corrected chi connectivity index (χ0v) is 12.8. The first-order valence-electron chi connectivity index (χ1n) is 6.56. The summed E-state index contributed by atoms with van der Waals surface area (Å²) >= 11 is 3.50. The molecule has 98 valence electrons. The summed E-state index contributed by atoms with van der Waals surface area (Å²) in [5, 5.41) is 0. The van der Waals surface area contributed by atoms with Crippen LogP contribution >= 0.6 is 15.9 Å². The molecule has 1 aromatic rings. The molecule has 0 heterocycles. The van der Waals surface area contributed by atoms with Crippen molar-refractivity contribution < 1.29 is 4.79 Å². The van der Waals surface area contributed by atoms with Crippen molar-refractivity contribution in [2.45, 2.75) is 39.7 Å². The monoisotopic (exact) mass is 309 g/mol. The van der Waals surface area contributed by atoms with Gasteiger partial charge in [0.1, 0.15) is 0 Å². The van der Waals surface area contributed by atoms with Gasteiger partial charge in [0.2, 0.25) is 0 Å². The molecule has 0 aromatic heterocycles. The quantitative estimate of drug-likeness (QED) is 0.822. The minimum absolute atomic E-state index is 0.185. The number of amides is 1. The fourth-order valence-electron chi connectivity index (χ4n) is 2.17. The lowest BCUT2D eigenvalue weighted by atomic mass is 10.1. The van der Waals surface area contributed by atoms with Crippen molar-refractivity contribution >= 4 is 21.8 Å². The molecule has 2 rings (SSSR count). The van der Waals surface area contributed by atoms with Gasteiger partial charge in [-0.3, -0.25) is 4.79 Å². The van der Waals surface area contributed by atoms with Gasteiger partial charge >= 0.3 is 0 Å². The molecule has 1 aliphatic carbocycles. The minimum Gasteiger partial charge on any atom is -0.335 e. The lowest BCUT2D eigenvalue weighted by Crippen LogP contribution is -2.36. The van der Waals surface area contributed by atoms with Crippen LogP contribution in [0.2, 0.25) is 0 Å². The molecule has 0 unspecified atom stereocenters. The summed E-state index contributed by atoms with van der Waals surface area (Å²) in [6, 6.07) is 6.32. The average molecular weight is 310 g/mol. The molecule has 0 aliphatic heterocycles. The molecule has 1 aliphatic rings. The van der Waals surface area contributed by atoms with Crippen molar-refractivity contribution in [1.29, 1.82) is 0 Å². The standard InChI is InChI=1S/C15H20BrNO/c1-10(2)9-17(12-7-8-12)15(18)13-5-4-6-14(16)11(13)3/h4-6,10,12H,7-9H2,1-3H3. The largest absolute Gasteiger partial charge is 0.335 e. The van der Waals surface area contributed by atoms with E-state index in [9.17, 15) is 4.79 Å². The Morgan fingerprint density at radius 1 is 1.44 bits per heavy atom. The van der Waals surface area contributed by atoms with Crippen molar-refractivity contribution in [3.05, 3.63) is 33.8 Å². The van der Waals surface area contributed by atoms with Crippen LogP contribution in [0.1, 0.15) is 42.6 Å².